The number of piperidine rings is 1. The van der Waals surface area contributed by atoms with E-state index in [1.807, 2.05) is 46.7 Å². The lowest BCUT2D eigenvalue weighted by Crippen LogP contribution is -2.48. The van der Waals surface area contributed by atoms with E-state index in [0.29, 0.717) is 29.4 Å². The number of nitrogens with zero attached hydrogens (tertiary/aromatic N) is 2. The smallest absolute Gasteiger partial charge is 0.322 e. The Hall–Kier alpha value is -3.93. The Labute approximate surface area is 249 Å². The number of nitrogens with one attached hydrogen (secondary N) is 2. The SMILES string of the molecule is CS(=O)(=O)Nc1ccc(Oc2ccc(CN3CCC(N(Cc4cccs4)C(=O)Nc4ccc(F)cc4)CC3)cc2)cc1. The lowest BCUT2D eigenvalue weighted by atomic mass is 10.0. The largest absolute Gasteiger partial charge is 0.457 e. The Morgan fingerprint density at radius 1 is 0.952 bits per heavy atom. The van der Waals surface area contributed by atoms with Gasteiger partial charge in [-0.15, -0.1) is 11.3 Å². The second-order valence-electron chi connectivity index (χ2n) is 10.3. The molecule has 1 aliphatic rings. The van der Waals surface area contributed by atoms with Crippen LogP contribution in [0.1, 0.15) is 23.3 Å². The highest BCUT2D eigenvalue weighted by Gasteiger charge is 2.28. The average molecular weight is 609 g/mol. The maximum Gasteiger partial charge on any atom is 0.322 e. The van der Waals surface area contributed by atoms with E-state index in [2.05, 4.69) is 14.9 Å². The fraction of sp³-hybridized carbons (Fsp3) is 0.258. The van der Waals surface area contributed by atoms with Gasteiger partial charge in [-0.25, -0.2) is 17.6 Å². The summed E-state index contributed by atoms with van der Waals surface area (Å²) in [6, 6.07) is 24.5. The Morgan fingerprint density at radius 3 is 2.17 bits per heavy atom. The number of amides is 2. The molecule has 0 atom stereocenters. The molecule has 11 heteroatoms. The maximum absolute atomic E-state index is 13.3. The number of rotatable bonds is 10. The van der Waals surface area contributed by atoms with E-state index in [9.17, 15) is 17.6 Å². The molecule has 220 valence electrons. The van der Waals surface area contributed by atoms with Crippen LogP contribution in [0, 0.1) is 5.82 Å². The third-order valence-electron chi connectivity index (χ3n) is 6.98. The molecule has 0 bridgehead atoms. The minimum atomic E-state index is -3.33. The Bertz CT molecular complexity index is 1550. The predicted molar refractivity (Wildman–Crippen MR) is 165 cm³/mol. The highest BCUT2D eigenvalue weighted by atomic mass is 32.2. The number of carbonyl (C=O) groups is 1. The summed E-state index contributed by atoms with van der Waals surface area (Å²) < 4.78 is 44.4. The van der Waals surface area contributed by atoms with Gasteiger partial charge in [-0.05, 0) is 90.5 Å². The van der Waals surface area contributed by atoms with Crippen LogP contribution in [0.25, 0.3) is 0 Å². The van der Waals surface area contributed by atoms with Crippen molar-refractivity contribution in [3.63, 3.8) is 0 Å². The van der Waals surface area contributed by atoms with Crippen LogP contribution in [0.5, 0.6) is 11.5 Å². The van der Waals surface area contributed by atoms with E-state index in [-0.39, 0.29) is 17.9 Å². The molecule has 0 aliphatic carbocycles. The van der Waals surface area contributed by atoms with Gasteiger partial charge in [0.2, 0.25) is 10.0 Å². The standard InChI is InChI=1S/C31H33FN4O4S2/c1-42(38,39)34-26-10-14-29(15-11-26)40-28-12-4-23(5-13-28)21-35-18-16-27(17-19-35)36(22-30-3-2-20-41-30)31(37)33-25-8-6-24(32)7-9-25/h2-15,20,27,34H,16-19,21-22H2,1H3,(H,33,37). The topological polar surface area (TPSA) is 91.0 Å². The lowest BCUT2D eigenvalue weighted by Gasteiger charge is -2.38. The van der Waals surface area contributed by atoms with Crippen molar-refractivity contribution >= 4 is 38.8 Å². The molecule has 2 N–H and O–H groups in total. The van der Waals surface area contributed by atoms with Crippen LogP contribution in [0.2, 0.25) is 0 Å². The first kappa shape index (κ1) is 29.6. The summed E-state index contributed by atoms with van der Waals surface area (Å²) in [4.78, 5) is 18.7. The molecule has 1 aromatic heterocycles. The number of hydrogen-bond acceptors (Lipinski definition) is 6. The van der Waals surface area contributed by atoms with Crippen molar-refractivity contribution in [1.82, 2.24) is 9.80 Å². The number of likely N-dealkylation sites (tertiary alicyclic amines) is 1. The molecule has 1 fully saturated rings. The number of benzene rings is 3. The summed E-state index contributed by atoms with van der Waals surface area (Å²) in [7, 11) is -3.33. The van der Waals surface area contributed by atoms with Crippen molar-refractivity contribution in [2.45, 2.75) is 32.0 Å². The van der Waals surface area contributed by atoms with Gasteiger partial charge < -0.3 is 15.0 Å². The normalized spacial score (nSPS) is 14.3. The fourth-order valence-corrected chi connectivity index (χ4v) is 6.18. The van der Waals surface area contributed by atoms with Crippen LogP contribution in [0.4, 0.5) is 20.6 Å². The zero-order valence-electron chi connectivity index (χ0n) is 23.2. The van der Waals surface area contributed by atoms with Crippen molar-refractivity contribution in [3.05, 3.63) is 107 Å². The number of sulfonamides is 1. The van der Waals surface area contributed by atoms with Crippen molar-refractivity contribution in [2.75, 3.05) is 29.4 Å². The number of urea groups is 1. The zero-order valence-corrected chi connectivity index (χ0v) is 24.8. The van der Waals surface area contributed by atoms with Gasteiger partial charge in [0.05, 0.1) is 12.8 Å². The van der Waals surface area contributed by atoms with Gasteiger partial charge in [-0.1, -0.05) is 18.2 Å². The first-order chi connectivity index (χ1) is 20.2. The number of thiophene rings is 1. The molecule has 0 spiro atoms. The molecule has 2 heterocycles. The third kappa shape index (κ3) is 8.54. The van der Waals surface area contributed by atoms with E-state index in [1.165, 1.54) is 12.1 Å². The van der Waals surface area contributed by atoms with Crippen molar-refractivity contribution < 1.29 is 22.3 Å². The predicted octanol–water partition coefficient (Wildman–Crippen LogP) is 6.75. The maximum atomic E-state index is 13.3. The number of anilines is 2. The van der Waals surface area contributed by atoms with Crippen molar-refractivity contribution in [2.24, 2.45) is 0 Å². The average Bonchev–Trinajstić information content (AvgIpc) is 3.48. The van der Waals surface area contributed by atoms with Gasteiger partial charge in [0, 0.05) is 41.9 Å². The molecular weight excluding hydrogens is 575 g/mol. The Balaban J connectivity index is 1.14. The number of halogens is 1. The summed E-state index contributed by atoms with van der Waals surface area (Å²) in [5, 5.41) is 4.95. The highest BCUT2D eigenvalue weighted by molar-refractivity contribution is 7.92. The monoisotopic (exact) mass is 608 g/mol. The molecule has 42 heavy (non-hydrogen) atoms. The quantitative estimate of drug-likeness (QED) is 0.208. The summed E-state index contributed by atoms with van der Waals surface area (Å²) in [6.07, 6.45) is 2.82. The van der Waals surface area contributed by atoms with Crippen LogP contribution in [0.3, 0.4) is 0 Å². The van der Waals surface area contributed by atoms with Crippen LogP contribution >= 0.6 is 11.3 Å². The van der Waals surface area contributed by atoms with Gasteiger partial charge >= 0.3 is 6.03 Å². The van der Waals surface area contributed by atoms with Crippen molar-refractivity contribution in [1.29, 1.82) is 0 Å². The molecule has 8 nitrogen and oxygen atoms in total. The Kier molecular flexibility index (Phi) is 9.41. The van der Waals surface area contributed by atoms with Crippen LogP contribution in [0.15, 0.2) is 90.3 Å². The summed E-state index contributed by atoms with van der Waals surface area (Å²) >= 11 is 1.63. The minimum Gasteiger partial charge on any atom is -0.457 e. The number of carbonyl (C=O) groups excluding carboxylic acids is 1. The third-order valence-corrected chi connectivity index (χ3v) is 8.45. The molecule has 0 radical (unpaired) electrons. The second-order valence-corrected chi connectivity index (χ2v) is 13.1. The van der Waals surface area contributed by atoms with Crippen molar-refractivity contribution in [3.8, 4) is 11.5 Å². The van der Waals surface area contributed by atoms with Crippen LogP contribution < -0.4 is 14.8 Å². The molecule has 3 aromatic carbocycles. The summed E-state index contributed by atoms with van der Waals surface area (Å²) in [5.41, 5.74) is 2.22. The van der Waals surface area contributed by atoms with Gasteiger partial charge in [-0.3, -0.25) is 9.62 Å². The van der Waals surface area contributed by atoms with E-state index in [0.717, 1.165) is 49.2 Å². The zero-order chi connectivity index (χ0) is 29.5. The number of hydrogen-bond donors (Lipinski definition) is 2. The Morgan fingerprint density at radius 2 is 1.57 bits per heavy atom. The highest BCUT2D eigenvalue weighted by Crippen LogP contribution is 2.26. The van der Waals surface area contributed by atoms with Gasteiger partial charge in [0.1, 0.15) is 17.3 Å². The second kappa shape index (κ2) is 13.4. The van der Waals surface area contributed by atoms with Gasteiger partial charge in [0.15, 0.2) is 0 Å². The molecular formula is C31H33FN4O4S2. The van der Waals surface area contributed by atoms with Crippen LogP contribution in [-0.4, -0.2) is 49.6 Å². The minimum absolute atomic E-state index is 0.0959. The molecule has 0 unspecified atom stereocenters. The molecule has 4 aromatic rings. The van der Waals surface area contributed by atoms with E-state index < -0.39 is 10.0 Å². The first-order valence-corrected chi connectivity index (χ1v) is 16.4. The molecule has 2 amide bonds. The first-order valence-electron chi connectivity index (χ1n) is 13.6. The van der Waals surface area contributed by atoms with E-state index in [4.69, 9.17) is 4.74 Å². The molecule has 1 aliphatic heterocycles. The molecule has 0 saturated carbocycles. The summed E-state index contributed by atoms with van der Waals surface area (Å²) in [6.45, 7) is 3.06. The van der Waals surface area contributed by atoms with Crippen LogP contribution in [-0.2, 0) is 23.1 Å². The van der Waals surface area contributed by atoms with E-state index >= 15 is 0 Å². The number of ether oxygens (including phenoxy) is 1. The van der Waals surface area contributed by atoms with E-state index in [1.54, 1.807) is 47.7 Å². The fourth-order valence-electron chi connectivity index (χ4n) is 4.92. The van der Waals surface area contributed by atoms with Gasteiger partial charge in [0.25, 0.3) is 0 Å². The van der Waals surface area contributed by atoms with Gasteiger partial charge in [-0.2, -0.15) is 0 Å². The molecule has 1 saturated heterocycles. The molecule has 5 rings (SSSR count). The summed E-state index contributed by atoms with van der Waals surface area (Å²) in [5.74, 6) is 0.964. The lowest BCUT2D eigenvalue weighted by molar-refractivity contribution is 0.120.